The molecule has 330 valence electrons. The summed E-state index contributed by atoms with van der Waals surface area (Å²) in [7, 11) is 5.69. The first-order chi connectivity index (χ1) is 27.9. The van der Waals surface area contributed by atoms with Gasteiger partial charge in [0.1, 0.15) is 6.10 Å². The van der Waals surface area contributed by atoms with Crippen molar-refractivity contribution in [3.8, 4) is 11.6 Å². The molecule has 5 aliphatic rings. The Balaban J connectivity index is 1.29. The van der Waals surface area contributed by atoms with Crippen LogP contribution in [0.25, 0.3) is 5.69 Å². The molecule has 11 nitrogen and oxygen atoms in total. The predicted molar refractivity (Wildman–Crippen MR) is 232 cm³/mol. The van der Waals surface area contributed by atoms with E-state index in [4.69, 9.17) is 9.47 Å². The van der Waals surface area contributed by atoms with Crippen LogP contribution >= 0.6 is 0 Å². The Morgan fingerprint density at radius 3 is 2.27 bits per heavy atom. The molecule has 0 aliphatic heterocycles. The second-order valence-electron chi connectivity index (χ2n) is 22.1. The average molecular weight is 829 g/mol. The summed E-state index contributed by atoms with van der Waals surface area (Å²) in [4.78, 5) is 61.0. The van der Waals surface area contributed by atoms with Crippen LogP contribution in [0.4, 0.5) is 0 Å². The normalized spacial score (nSPS) is 33.6. The first-order valence-corrected chi connectivity index (χ1v) is 22.6. The van der Waals surface area contributed by atoms with Crippen molar-refractivity contribution in [1.29, 1.82) is 0 Å². The maximum absolute atomic E-state index is 14.7. The molecule has 0 saturated heterocycles. The molecule has 0 bridgehead atoms. The number of esters is 1. The number of nitrogens with zero attached hydrogens (tertiary/aromatic N) is 4. The van der Waals surface area contributed by atoms with E-state index in [0.29, 0.717) is 41.9 Å². The molecule has 4 fully saturated rings. The molecular formula is C49H72N4O7. The van der Waals surface area contributed by atoms with E-state index in [-0.39, 0.29) is 57.4 Å². The second-order valence-corrected chi connectivity index (χ2v) is 22.1. The van der Waals surface area contributed by atoms with Crippen LogP contribution in [0.15, 0.2) is 34.3 Å². The first-order valence-electron chi connectivity index (χ1n) is 22.6. The van der Waals surface area contributed by atoms with E-state index < -0.39 is 22.8 Å². The molecule has 4 saturated carbocycles. The molecule has 8 atom stereocenters. The van der Waals surface area contributed by atoms with Crippen molar-refractivity contribution in [3.63, 3.8) is 0 Å². The van der Waals surface area contributed by atoms with Crippen LogP contribution < -0.4 is 10.3 Å². The summed E-state index contributed by atoms with van der Waals surface area (Å²) < 4.78 is 15.6. The van der Waals surface area contributed by atoms with Gasteiger partial charge < -0.3 is 19.5 Å². The minimum Gasteiger partial charge on any atom is -0.481 e. The highest BCUT2D eigenvalue weighted by Gasteiger charge is 2.71. The monoisotopic (exact) mass is 829 g/mol. The predicted octanol–water partition coefficient (Wildman–Crippen LogP) is 8.56. The van der Waals surface area contributed by atoms with Crippen LogP contribution in [0.2, 0.25) is 0 Å². The van der Waals surface area contributed by atoms with Crippen molar-refractivity contribution < 1.29 is 29.0 Å². The van der Waals surface area contributed by atoms with Crippen molar-refractivity contribution in [2.24, 2.45) is 50.7 Å². The molecule has 2 aromatic heterocycles. The highest BCUT2D eigenvalue weighted by molar-refractivity contribution is 6.02. The number of carbonyl (C=O) groups is 3. The minimum absolute atomic E-state index is 0.000507. The SMILES string of the molecule is COc1ccc(-n2c(=O)c(C)c(C34CC[C@]5(C)C(CCC6C7(C)CCC(OC(=O)CC(C)(C)C(=O)O)C(C)(C)C7CCC65C)C3=C(C(C)C)C(=O)C4)n2CCN(C)C)cn1. The number of ketones is 1. The summed E-state index contributed by atoms with van der Waals surface area (Å²) in [5.74, 6) is 0.334. The quantitative estimate of drug-likeness (QED) is 0.221. The van der Waals surface area contributed by atoms with Gasteiger partial charge in [-0.2, -0.15) is 0 Å². The Bertz CT molecular complexity index is 2140. The van der Waals surface area contributed by atoms with Crippen LogP contribution in [0.5, 0.6) is 5.88 Å². The highest BCUT2D eigenvalue weighted by Crippen LogP contribution is 2.77. The van der Waals surface area contributed by atoms with Gasteiger partial charge in [-0.25, -0.2) is 9.67 Å². The lowest BCUT2D eigenvalue weighted by atomic mass is 9.33. The van der Waals surface area contributed by atoms with Gasteiger partial charge in [0, 0.05) is 35.4 Å². The fraction of sp³-hybridized carbons (Fsp3) is 0.735. The van der Waals surface area contributed by atoms with Crippen LogP contribution in [-0.2, 0) is 31.1 Å². The van der Waals surface area contributed by atoms with Gasteiger partial charge in [-0.3, -0.25) is 23.9 Å². The summed E-state index contributed by atoms with van der Waals surface area (Å²) >= 11 is 0. The highest BCUT2D eigenvalue weighted by atomic mass is 16.5. The van der Waals surface area contributed by atoms with Crippen molar-refractivity contribution in [2.45, 2.75) is 152 Å². The summed E-state index contributed by atoms with van der Waals surface area (Å²) in [5.41, 5.74) is 2.54. The van der Waals surface area contributed by atoms with Crippen molar-refractivity contribution in [3.05, 3.63) is 51.1 Å². The fourth-order valence-corrected chi connectivity index (χ4v) is 14.4. The Morgan fingerprint density at radius 1 is 0.967 bits per heavy atom. The number of carboxylic acids is 1. The molecule has 60 heavy (non-hydrogen) atoms. The van der Waals surface area contributed by atoms with Crippen molar-refractivity contribution in [1.82, 2.24) is 19.2 Å². The fourth-order valence-electron chi connectivity index (χ4n) is 14.4. The number of carboxylic acid groups (broad SMARTS) is 1. The molecule has 0 aromatic carbocycles. The smallest absolute Gasteiger partial charge is 0.309 e. The summed E-state index contributed by atoms with van der Waals surface area (Å²) in [6, 6.07) is 3.69. The molecule has 5 aliphatic carbocycles. The number of Topliss-reactive ketones (excluding diaryl/α,β-unsaturated/α-hetero) is 1. The van der Waals surface area contributed by atoms with Gasteiger partial charge in [0.25, 0.3) is 5.56 Å². The zero-order valence-electron chi connectivity index (χ0n) is 38.8. The van der Waals surface area contributed by atoms with Crippen LogP contribution in [0.3, 0.4) is 0 Å². The van der Waals surface area contributed by atoms with Gasteiger partial charge in [0.15, 0.2) is 5.78 Å². The zero-order valence-corrected chi connectivity index (χ0v) is 38.8. The molecule has 1 N–H and O–H groups in total. The van der Waals surface area contributed by atoms with Crippen molar-refractivity contribution >= 4 is 17.7 Å². The lowest BCUT2D eigenvalue weighted by Crippen LogP contribution is -2.66. The molecule has 7 unspecified atom stereocenters. The van der Waals surface area contributed by atoms with E-state index in [1.165, 1.54) is 5.57 Å². The summed E-state index contributed by atoms with van der Waals surface area (Å²) in [6.45, 7) is 23.0. The van der Waals surface area contributed by atoms with Gasteiger partial charge in [0.2, 0.25) is 5.88 Å². The van der Waals surface area contributed by atoms with Crippen LogP contribution in [0, 0.1) is 57.7 Å². The maximum atomic E-state index is 14.7. The molecule has 0 radical (unpaired) electrons. The Hall–Kier alpha value is -3.73. The zero-order chi connectivity index (χ0) is 44.1. The van der Waals surface area contributed by atoms with E-state index in [1.807, 2.05) is 13.0 Å². The van der Waals surface area contributed by atoms with Crippen LogP contribution in [-0.4, -0.2) is 75.9 Å². The van der Waals surface area contributed by atoms with Gasteiger partial charge >= 0.3 is 11.9 Å². The Morgan fingerprint density at radius 2 is 1.67 bits per heavy atom. The molecule has 0 spiro atoms. The lowest BCUT2D eigenvalue weighted by molar-refractivity contribution is -0.232. The van der Waals surface area contributed by atoms with E-state index in [1.54, 1.807) is 37.9 Å². The lowest BCUT2D eigenvalue weighted by Gasteiger charge is -2.72. The summed E-state index contributed by atoms with van der Waals surface area (Å²) in [6.07, 6.45) is 9.31. The molecule has 2 aromatic rings. The number of rotatable bonds is 11. The number of carbonyl (C=O) groups excluding carboxylic acids is 2. The number of allylic oxidation sites excluding steroid dienone is 2. The largest absolute Gasteiger partial charge is 0.481 e. The first kappa shape index (κ1) is 44.3. The maximum Gasteiger partial charge on any atom is 0.309 e. The van der Waals surface area contributed by atoms with Crippen molar-refractivity contribution in [2.75, 3.05) is 27.7 Å². The number of aromatic nitrogens is 3. The number of hydrogen-bond acceptors (Lipinski definition) is 8. The number of likely N-dealkylation sites (N-methyl/N-ethyl adjacent to an activating group) is 1. The number of aliphatic carboxylic acids is 1. The van der Waals surface area contributed by atoms with Crippen LogP contribution in [0.1, 0.15) is 138 Å². The average Bonchev–Trinajstić information content (AvgIpc) is 3.61. The Kier molecular flexibility index (Phi) is 11.1. The third kappa shape index (κ3) is 6.47. The topological polar surface area (TPSA) is 133 Å². The van der Waals surface area contributed by atoms with Gasteiger partial charge in [0.05, 0.1) is 43.1 Å². The van der Waals surface area contributed by atoms with E-state index in [0.717, 1.165) is 69.2 Å². The van der Waals surface area contributed by atoms with Gasteiger partial charge in [-0.15, -0.1) is 0 Å². The van der Waals surface area contributed by atoms with E-state index in [2.05, 4.69) is 77.1 Å². The third-order valence-corrected chi connectivity index (χ3v) is 17.6. The molecule has 0 amide bonds. The van der Waals surface area contributed by atoms with Gasteiger partial charge in [-0.05, 0) is 143 Å². The molecule has 7 rings (SSSR count). The molecule has 11 heteroatoms. The number of pyridine rings is 1. The summed E-state index contributed by atoms with van der Waals surface area (Å²) in [5, 5.41) is 9.69. The molecular weight excluding hydrogens is 757 g/mol. The third-order valence-electron chi connectivity index (χ3n) is 17.6. The number of methoxy groups -OCH3 is 1. The second kappa shape index (κ2) is 15.0. The van der Waals surface area contributed by atoms with E-state index >= 15 is 0 Å². The number of ether oxygens (including phenoxy) is 2. The number of hydrogen-bond donors (Lipinski definition) is 1. The van der Waals surface area contributed by atoms with Gasteiger partial charge in [-0.1, -0.05) is 48.5 Å². The molecule has 2 heterocycles. The van der Waals surface area contributed by atoms with E-state index in [9.17, 15) is 24.3 Å². The minimum atomic E-state index is -1.18. The Labute approximate surface area is 357 Å². The number of fused-ring (bicyclic) bond motifs is 7. The standard InChI is InChI=1S/C49H72N4O7/c1-29(2)39-33(54)26-49(41-30(3)42(56)53(52(41)25-24-51(11)12)31-14-17-37(59-13)50-28-31)23-22-47(9)32(40(39)49)15-16-35-46(8)20-19-36(60-38(55)27-44(4,5)43(57)58)45(6,7)34(46)18-21-48(35,47)10/h14,17,28-29,32,34-36H,15-16,18-27H2,1-13H3,(H,57,58)/t32?,34?,35?,36?,46?,47-,48?,49?/m1/s1.